The van der Waals surface area contributed by atoms with Gasteiger partial charge in [0.1, 0.15) is 0 Å². The van der Waals surface area contributed by atoms with Crippen LogP contribution >= 0.6 is 0 Å². The van der Waals surface area contributed by atoms with Gasteiger partial charge >= 0.3 is 5.69 Å². The van der Waals surface area contributed by atoms with Crippen LogP contribution in [0, 0.1) is 0 Å². The second-order valence-corrected chi connectivity index (χ2v) is 6.05. The molecule has 0 unspecified atom stereocenters. The topological polar surface area (TPSA) is 60.9 Å². The molecule has 2 rings (SSSR count). The van der Waals surface area contributed by atoms with E-state index in [0.717, 1.165) is 29.4 Å². The van der Waals surface area contributed by atoms with Crippen LogP contribution in [0.3, 0.4) is 0 Å². The number of hydrogen-bond acceptors (Lipinski definition) is 3. The van der Waals surface area contributed by atoms with Gasteiger partial charge in [0.25, 0.3) is 0 Å². The van der Waals surface area contributed by atoms with Gasteiger partial charge in [-0.25, -0.2) is 4.79 Å². The predicted octanol–water partition coefficient (Wildman–Crippen LogP) is 3.88. The van der Waals surface area contributed by atoms with E-state index >= 15 is 0 Å². The van der Waals surface area contributed by atoms with Crippen LogP contribution in [0.5, 0.6) is 0 Å². The fraction of sp³-hybridized carbons (Fsp3) is 0.300. The van der Waals surface area contributed by atoms with Gasteiger partial charge in [0, 0.05) is 11.9 Å². The zero-order chi connectivity index (χ0) is 17.5. The molecule has 1 aromatic heterocycles. The number of fused-ring (bicyclic) bond motifs is 1. The Morgan fingerprint density at radius 1 is 1.38 bits per heavy atom. The van der Waals surface area contributed by atoms with Gasteiger partial charge in [-0.2, -0.15) is 4.98 Å². The Hall–Kier alpha value is -2.62. The molecule has 0 fully saturated rings. The third-order valence-corrected chi connectivity index (χ3v) is 3.99. The number of benzene rings is 1. The van der Waals surface area contributed by atoms with Crippen LogP contribution in [0.2, 0.25) is 0 Å². The largest absolute Gasteiger partial charge is 0.405 e. The van der Waals surface area contributed by atoms with Crippen molar-refractivity contribution < 1.29 is 0 Å². The van der Waals surface area contributed by atoms with E-state index in [0.29, 0.717) is 6.54 Å². The molecular formula is C20H25N3O. The summed E-state index contributed by atoms with van der Waals surface area (Å²) >= 11 is 0. The molecule has 0 saturated heterocycles. The third-order valence-electron chi connectivity index (χ3n) is 3.99. The Morgan fingerprint density at radius 2 is 2.12 bits per heavy atom. The van der Waals surface area contributed by atoms with Crippen molar-refractivity contribution in [2.75, 3.05) is 0 Å². The number of aromatic nitrogens is 2. The summed E-state index contributed by atoms with van der Waals surface area (Å²) in [4.78, 5) is 16.8. The van der Waals surface area contributed by atoms with E-state index in [-0.39, 0.29) is 11.6 Å². The number of aryl methyl sites for hydroxylation is 1. The maximum Gasteiger partial charge on any atom is 0.348 e. The number of para-hydroxylation sites is 1. The Labute approximate surface area is 143 Å². The van der Waals surface area contributed by atoms with Gasteiger partial charge in [-0.1, -0.05) is 62.4 Å². The van der Waals surface area contributed by atoms with E-state index in [4.69, 9.17) is 5.73 Å². The fourth-order valence-electron chi connectivity index (χ4n) is 2.80. The van der Waals surface area contributed by atoms with E-state index in [9.17, 15) is 4.79 Å². The summed E-state index contributed by atoms with van der Waals surface area (Å²) in [5.74, 6) is 0.211. The van der Waals surface area contributed by atoms with Crippen molar-refractivity contribution in [2.24, 2.45) is 5.73 Å². The molecule has 0 atom stereocenters. The lowest BCUT2D eigenvalue weighted by Crippen LogP contribution is -2.25. The van der Waals surface area contributed by atoms with Crippen LogP contribution in [0.15, 0.2) is 65.6 Å². The number of allylic oxidation sites excluding steroid dienone is 4. The molecule has 0 saturated carbocycles. The highest BCUT2D eigenvalue weighted by molar-refractivity contribution is 5.81. The molecule has 2 N–H and O–H groups in total. The summed E-state index contributed by atoms with van der Waals surface area (Å²) in [6.07, 6.45) is 8.69. The summed E-state index contributed by atoms with van der Waals surface area (Å²) < 4.78 is 1.75. The summed E-state index contributed by atoms with van der Waals surface area (Å²) in [5, 5.41) is 1.04. The fourth-order valence-corrected chi connectivity index (χ4v) is 2.80. The van der Waals surface area contributed by atoms with Crippen molar-refractivity contribution >= 4 is 10.9 Å². The molecule has 0 spiro atoms. The number of nitrogens with zero attached hydrogens (tertiary/aromatic N) is 2. The minimum atomic E-state index is -0.190. The molecule has 0 aliphatic rings. The quantitative estimate of drug-likeness (QED) is 0.786. The van der Waals surface area contributed by atoms with Crippen molar-refractivity contribution in [3.05, 3.63) is 77.0 Å². The molecule has 1 heterocycles. The maximum atomic E-state index is 12.5. The van der Waals surface area contributed by atoms with E-state index in [2.05, 4.69) is 25.4 Å². The minimum absolute atomic E-state index is 0.190. The van der Waals surface area contributed by atoms with Crippen LogP contribution in [-0.4, -0.2) is 9.55 Å². The van der Waals surface area contributed by atoms with Gasteiger partial charge in [-0.05, 0) is 31.0 Å². The summed E-state index contributed by atoms with van der Waals surface area (Å²) in [6, 6.07) is 7.96. The van der Waals surface area contributed by atoms with Gasteiger partial charge in [0.15, 0.2) is 0 Å². The Morgan fingerprint density at radius 3 is 2.79 bits per heavy atom. The van der Waals surface area contributed by atoms with Crippen molar-refractivity contribution in [1.29, 1.82) is 0 Å². The molecule has 4 heteroatoms. The van der Waals surface area contributed by atoms with Gasteiger partial charge in [-0.15, -0.1) is 0 Å². The summed E-state index contributed by atoms with van der Waals surface area (Å²) in [5.41, 5.74) is 8.21. The van der Waals surface area contributed by atoms with E-state index in [1.165, 1.54) is 11.8 Å². The molecule has 4 nitrogen and oxygen atoms in total. The molecule has 126 valence electrons. The van der Waals surface area contributed by atoms with Crippen LogP contribution in [-0.2, 0) is 6.54 Å². The average molecular weight is 323 g/mol. The molecule has 24 heavy (non-hydrogen) atoms. The van der Waals surface area contributed by atoms with Crippen LogP contribution in [0.1, 0.15) is 38.3 Å². The lowest BCUT2D eigenvalue weighted by Gasteiger charge is -2.14. The molecule has 2 aromatic rings. The van der Waals surface area contributed by atoms with Crippen LogP contribution < -0.4 is 11.4 Å². The second kappa shape index (κ2) is 8.29. The molecule has 0 radical (unpaired) electrons. The van der Waals surface area contributed by atoms with Crippen molar-refractivity contribution in [1.82, 2.24) is 9.55 Å². The first-order chi connectivity index (χ1) is 11.6. The van der Waals surface area contributed by atoms with Crippen molar-refractivity contribution in [3.8, 4) is 0 Å². The molecule has 1 aromatic carbocycles. The minimum Gasteiger partial charge on any atom is -0.405 e. The summed E-state index contributed by atoms with van der Waals surface area (Å²) in [7, 11) is 0. The van der Waals surface area contributed by atoms with Gasteiger partial charge < -0.3 is 5.73 Å². The average Bonchev–Trinajstić information content (AvgIpc) is 2.57. The first kappa shape index (κ1) is 17.7. The standard InChI is InChI=1S/C20H25N3O/c1-4-8-16(9-7-13-21)12-14-23-18-11-6-5-10-17(18)19(15(2)3)22-20(23)24/h4-8,10-11,13,15H,1,9,12,14,21H2,2-3H3/b13-7-,16-8+. The first-order valence-corrected chi connectivity index (χ1v) is 8.25. The molecule has 0 bridgehead atoms. The Kier molecular flexibility index (Phi) is 6.13. The number of nitrogens with two attached hydrogens (primary N) is 1. The Bertz CT molecular complexity index is 828. The monoisotopic (exact) mass is 323 g/mol. The lowest BCUT2D eigenvalue weighted by molar-refractivity contribution is 0.655. The lowest BCUT2D eigenvalue weighted by atomic mass is 10.0. The van der Waals surface area contributed by atoms with Gasteiger partial charge in [0.05, 0.1) is 11.2 Å². The predicted molar refractivity (Wildman–Crippen MR) is 101 cm³/mol. The highest BCUT2D eigenvalue weighted by Gasteiger charge is 2.12. The Balaban J connectivity index is 2.41. The van der Waals surface area contributed by atoms with Crippen LogP contribution in [0.25, 0.3) is 10.9 Å². The smallest absolute Gasteiger partial charge is 0.348 e. The van der Waals surface area contributed by atoms with E-state index in [1.807, 2.05) is 36.4 Å². The molecule has 0 aliphatic heterocycles. The number of rotatable bonds is 7. The molecular weight excluding hydrogens is 298 g/mol. The third kappa shape index (κ3) is 4.02. The maximum absolute atomic E-state index is 12.5. The highest BCUT2D eigenvalue weighted by Crippen LogP contribution is 2.22. The van der Waals surface area contributed by atoms with Gasteiger partial charge in [-0.3, -0.25) is 4.57 Å². The van der Waals surface area contributed by atoms with Gasteiger partial charge in [0.2, 0.25) is 0 Å². The molecule has 0 amide bonds. The normalized spacial score (nSPS) is 12.4. The number of hydrogen-bond donors (Lipinski definition) is 1. The first-order valence-electron chi connectivity index (χ1n) is 8.25. The van der Waals surface area contributed by atoms with E-state index in [1.54, 1.807) is 10.6 Å². The molecule has 0 aliphatic carbocycles. The SMILES string of the molecule is C=C/C=C(\C/C=C\N)CCn1c(=O)nc(C(C)C)c2ccccc21. The highest BCUT2D eigenvalue weighted by atomic mass is 16.1. The zero-order valence-electron chi connectivity index (χ0n) is 14.4. The van der Waals surface area contributed by atoms with Crippen molar-refractivity contribution in [2.45, 2.75) is 39.2 Å². The van der Waals surface area contributed by atoms with Crippen LogP contribution in [0.4, 0.5) is 0 Å². The van der Waals surface area contributed by atoms with E-state index < -0.39 is 0 Å². The van der Waals surface area contributed by atoms with Crippen molar-refractivity contribution in [3.63, 3.8) is 0 Å². The summed E-state index contributed by atoms with van der Waals surface area (Å²) in [6.45, 7) is 8.45. The second-order valence-electron chi connectivity index (χ2n) is 6.05. The zero-order valence-corrected chi connectivity index (χ0v) is 14.4.